The fourth-order valence-electron chi connectivity index (χ4n) is 1.02. The van der Waals surface area contributed by atoms with Crippen molar-refractivity contribution in [3.05, 3.63) is 0 Å². The van der Waals surface area contributed by atoms with E-state index in [0.717, 1.165) is 26.4 Å². The summed E-state index contributed by atoms with van der Waals surface area (Å²) in [5.41, 5.74) is 0. The Kier molecular flexibility index (Phi) is 13.3. The first-order chi connectivity index (χ1) is 6.41. The first kappa shape index (κ1) is 13.7. The fourth-order valence-corrected chi connectivity index (χ4v) is 1.56. The molecule has 0 radical (unpaired) electrons. The van der Waals surface area contributed by atoms with E-state index in [1.807, 2.05) is 6.92 Å². The van der Waals surface area contributed by atoms with Crippen LogP contribution in [0.3, 0.4) is 0 Å². The summed E-state index contributed by atoms with van der Waals surface area (Å²) in [6.07, 6.45) is 5.19. The molecule has 0 N–H and O–H groups in total. The number of hydrogen-bond donors (Lipinski definition) is 0. The first-order valence-electron chi connectivity index (χ1n) is 5.13. The van der Waals surface area contributed by atoms with Crippen LogP contribution in [0.15, 0.2) is 0 Å². The zero-order valence-corrected chi connectivity index (χ0v) is 10.7. The Labute approximate surface area is 95.5 Å². The Bertz CT molecular complexity index is 79.0. The predicted molar refractivity (Wildman–Crippen MR) is 64.7 cm³/mol. The van der Waals surface area contributed by atoms with Crippen molar-refractivity contribution in [3.8, 4) is 0 Å². The standard InChI is InChI=1S/C10H21IO2/c1-2-12-9-10-13-8-6-4-3-5-7-11/h2-10H2,1H3. The molecule has 0 rings (SSSR count). The van der Waals surface area contributed by atoms with Gasteiger partial charge in [0.25, 0.3) is 0 Å². The molecule has 0 aliphatic rings. The second-order valence-corrected chi connectivity index (χ2v) is 3.99. The third kappa shape index (κ3) is 12.6. The van der Waals surface area contributed by atoms with Gasteiger partial charge in [-0.2, -0.15) is 0 Å². The maximum absolute atomic E-state index is 5.39. The molecule has 0 aromatic carbocycles. The molecule has 0 heterocycles. The van der Waals surface area contributed by atoms with E-state index in [9.17, 15) is 0 Å². The highest BCUT2D eigenvalue weighted by atomic mass is 127. The Morgan fingerprint density at radius 2 is 1.54 bits per heavy atom. The molecule has 0 aromatic rings. The van der Waals surface area contributed by atoms with Crippen LogP contribution in [-0.4, -0.2) is 30.9 Å². The summed E-state index contributed by atoms with van der Waals surface area (Å²) in [6.45, 7) is 5.18. The molecule has 0 spiro atoms. The lowest BCUT2D eigenvalue weighted by Crippen LogP contribution is -2.04. The van der Waals surface area contributed by atoms with Gasteiger partial charge in [0.05, 0.1) is 13.2 Å². The molecular weight excluding hydrogens is 279 g/mol. The van der Waals surface area contributed by atoms with Crippen LogP contribution in [0.1, 0.15) is 32.6 Å². The van der Waals surface area contributed by atoms with Crippen molar-refractivity contribution in [1.29, 1.82) is 0 Å². The monoisotopic (exact) mass is 300 g/mol. The third-order valence-electron chi connectivity index (χ3n) is 1.75. The molecule has 13 heavy (non-hydrogen) atoms. The predicted octanol–water partition coefficient (Wildman–Crippen LogP) is 3.03. The lowest BCUT2D eigenvalue weighted by molar-refractivity contribution is 0.0513. The van der Waals surface area contributed by atoms with Gasteiger partial charge in [0.1, 0.15) is 0 Å². The van der Waals surface area contributed by atoms with E-state index in [0.29, 0.717) is 0 Å². The van der Waals surface area contributed by atoms with Crippen molar-refractivity contribution < 1.29 is 9.47 Å². The van der Waals surface area contributed by atoms with Crippen molar-refractivity contribution in [3.63, 3.8) is 0 Å². The minimum absolute atomic E-state index is 0.740. The average molecular weight is 300 g/mol. The van der Waals surface area contributed by atoms with Crippen molar-refractivity contribution in [2.75, 3.05) is 30.9 Å². The quantitative estimate of drug-likeness (QED) is 0.351. The number of hydrogen-bond acceptors (Lipinski definition) is 2. The van der Waals surface area contributed by atoms with Crippen molar-refractivity contribution in [2.45, 2.75) is 32.6 Å². The number of alkyl halides is 1. The van der Waals surface area contributed by atoms with Crippen LogP contribution in [0, 0.1) is 0 Å². The molecule has 3 heteroatoms. The van der Waals surface area contributed by atoms with Crippen LogP contribution >= 0.6 is 22.6 Å². The maximum atomic E-state index is 5.39. The number of unbranched alkanes of at least 4 members (excludes halogenated alkanes) is 3. The fraction of sp³-hybridized carbons (Fsp3) is 1.00. The van der Waals surface area contributed by atoms with Gasteiger partial charge in [-0.05, 0) is 24.2 Å². The Morgan fingerprint density at radius 3 is 2.23 bits per heavy atom. The van der Waals surface area contributed by atoms with Crippen molar-refractivity contribution in [1.82, 2.24) is 0 Å². The Balaban J connectivity index is 2.76. The second-order valence-electron chi connectivity index (χ2n) is 2.91. The highest BCUT2D eigenvalue weighted by molar-refractivity contribution is 14.1. The van der Waals surface area contributed by atoms with E-state index in [1.54, 1.807) is 0 Å². The van der Waals surface area contributed by atoms with Gasteiger partial charge in [0.15, 0.2) is 0 Å². The number of halogens is 1. The maximum Gasteiger partial charge on any atom is 0.0700 e. The minimum atomic E-state index is 0.740. The smallest absolute Gasteiger partial charge is 0.0700 e. The van der Waals surface area contributed by atoms with Crippen LogP contribution < -0.4 is 0 Å². The summed E-state index contributed by atoms with van der Waals surface area (Å²) in [5.74, 6) is 0. The van der Waals surface area contributed by atoms with E-state index in [4.69, 9.17) is 9.47 Å². The van der Waals surface area contributed by atoms with Crippen LogP contribution in [0.25, 0.3) is 0 Å². The topological polar surface area (TPSA) is 18.5 Å². The molecule has 0 atom stereocenters. The van der Waals surface area contributed by atoms with Crippen LogP contribution in [0.2, 0.25) is 0 Å². The third-order valence-corrected chi connectivity index (χ3v) is 2.51. The summed E-state index contributed by atoms with van der Waals surface area (Å²) >= 11 is 2.42. The van der Waals surface area contributed by atoms with E-state index in [1.165, 1.54) is 30.1 Å². The molecule has 0 aliphatic heterocycles. The van der Waals surface area contributed by atoms with Crippen molar-refractivity contribution in [2.24, 2.45) is 0 Å². The number of rotatable bonds is 10. The zero-order chi connectivity index (χ0) is 9.78. The molecule has 0 fully saturated rings. The van der Waals surface area contributed by atoms with Crippen LogP contribution in [0.5, 0.6) is 0 Å². The molecule has 0 aromatic heterocycles. The minimum Gasteiger partial charge on any atom is -0.379 e. The van der Waals surface area contributed by atoms with E-state index in [2.05, 4.69) is 22.6 Å². The van der Waals surface area contributed by atoms with Gasteiger partial charge in [-0.25, -0.2) is 0 Å². The van der Waals surface area contributed by atoms with Crippen molar-refractivity contribution >= 4 is 22.6 Å². The van der Waals surface area contributed by atoms with E-state index >= 15 is 0 Å². The van der Waals surface area contributed by atoms with E-state index in [-0.39, 0.29) is 0 Å². The Morgan fingerprint density at radius 1 is 0.846 bits per heavy atom. The Hall–Kier alpha value is 0.650. The van der Waals surface area contributed by atoms with Gasteiger partial charge in [-0.3, -0.25) is 0 Å². The lowest BCUT2D eigenvalue weighted by atomic mass is 10.2. The average Bonchev–Trinajstić information content (AvgIpc) is 2.16. The first-order valence-corrected chi connectivity index (χ1v) is 6.65. The van der Waals surface area contributed by atoms with Gasteiger partial charge < -0.3 is 9.47 Å². The normalized spacial score (nSPS) is 10.6. The molecule has 0 bridgehead atoms. The number of ether oxygens (including phenoxy) is 2. The van der Waals surface area contributed by atoms with Gasteiger partial charge in [0.2, 0.25) is 0 Å². The molecule has 80 valence electrons. The lowest BCUT2D eigenvalue weighted by Gasteiger charge is -2.03. The summed E-state index contributed by atoms with van der Waals surface area (Å²) in [4.78, 5) is 0. The summed E-state index contributed by atoms with van der Waals surface area (Å²) < 4.78 is 11.8. The molecule has 0 unspecified atom stereocenters. The van der Waals surface area contributed by atoms with Gasteiger partial charge in [0, 0.05) is 13.2 Å². The summed E-state index contributed by atoms with van der Waals surface area (Å²) in [6, 6.07) is 0. The summed E-state index contributed by atoms with van der Waals surface area (Å²) in [5, 5.41) is 0. The SMILES string of the molecule is CCOCCOCCCCCCI. The summed E-state index contributed by atoms with van der Waals surface area (Å²) in [7, 11) is 0. The molecule has 2 nitrogen and oxygen atoms in total. The molecule has 0 aliphatic carbocycles. The van der Waals surface area contributed by atoms with E-state index < -0.39 is 0 Å². The van der Waals surface area contributed by atoms with Crippen LogP contribution in [-0.2, 0) is 9.47 Å². The molecule has 0 saturated heterocycles. The molecular formula is C10H21IO2. The highest BCUT2D eigenvalue weighted by Gasteiger charge is 1.90. The molecule has 0 amide bonds. The second kappa shape index (κ2) is 12.7. The largest absolute Gasteiger partial charge is 0.379 e. The molecule has 0 saturated carbocycles. The van der Waals surface area contributed by atoms with Gasteiger partial charge in [-0.1, -0.05) is 35.4 Å². The van der Waals surface area contributed by atoms with Crippen LogP contribution in [0.4, 0.5) is 0 Å². The highest BCUT2D eigenvalue weighted by Crippen LogP contribution is 2.02. The van der Waals surface area contributed by atoms with Gasteiger partial charge >= 0.3 is 0 Å². The van der Waals surface area contributed by atoms with Gasteiger partial charge in [-0.15, -0.1) is 0 Å². The zero-order valence-electron chi connectivity index (χ0n) is 8.56.